The van der Waals surface area contributed by atoms with E-state index in [9.17, 15) is 27.6 Å². The Bertz CT molecular complexity index is 772. The maximum atomic E-state index is 12.8. The van der Waals surface area contributed by atoms with Gasteiger partial charge in [0, 0.05) is 30.7 Å². The highest BCUT2D eigenvalue weighted by molar-refractivity contribution is 5.96. The summed E-state index contributed by atoms with van der Waals surface area (Å²) < 4.78 is 43.4. The van der Waals surface area contributed by atoms with Gasteiger partial charge in [-0.25, -0.2) is 4.79 Å². The lowest BCUT2D eigenvalue weighted by Gasteiger charge is -2.36. The number of hydrogen-bond acceptors (Lipinski definition) is 4. The van der Waals surface area contributed by atoms with Gasteiger partial charge in [-0.05, 0) is 37.5 Å². The first-order chi connectivity index (χ1) is 14.1. The summed E-state index contributed by atoms with van der Waals surface area (Å²) in [4.78, 5) is 35.1. The molecule has 11 heteroatoms. The van der Waals surface area contributed by atoms with Gasteiger partial charge in [-0.15, -0.1) is 0 Å². The van der Waals surface area contributed by atoms with E-state index in [0.29, 0.717) is 25.9 Å². The summed E-state index contributed by atoms with van der Waals surface area (Å²) in [6.45, 7) is -0.0819. The first-order valence-electron chi connectivity index (χ1n) is 9.33. The van der Waals surface area contributed by atoms with Crippen molar-refractivity contribution in [1.82, 2.24) is 16.0 Å². The van der Waals surface area contributed by atoms with Crippen molar-refractivity contribution in [3.05, 3.63) is 35.4 Å². The van der Waals surface area contributed by atoms with Crippen LogP contribution in [0.2, 0.25) is 0 Å². The summed E-state index contributed by atoms with van der Waals surface area (Å²) in [7, 11) is 1.50. The lowest BCUT2D eigenvalue weighted by Crippen LogP contribution is -2.51. The predicted octanol–water partition coefficient (Wildman–Crippen LogP) is 2.00. The molecule has 8 nitrogen and oxygen atoms in total. The molecule has 1 fully saturated rings. The molecule has 0 spiro atoms. The highest BCUT2D eigenvalue weighted by Crippen LogP contribution is 2.29. The Morgan fingerprint density at radius 2 is 1.93 bits per heavy atom. The van der Waals surface area contributed by atoms with Crippen LogP contribution in [0.3, 0.4) is 0 Å². The number of carbonyl (C=O) groups is 3. The average molecular weight is 431 g/mol. The van der Waals surface area contributed by atoms with Crippen LogP contribution < -0.4 is 16.0 Å². The number of nitrogens with one attached hydrogen (secondary N) is 3. The summed E-state index contributed by atoms with van der Waals surface area (Å²) >= 11 is 0. The Labute approximate surface area is 171 Å². The fourth-order valence-corrected chi connectivity index (χ4v) is 3.52. The average Bonchev–Trinajstić information content (AvgIpc) is 2.67. The van der Waals surface area contributed by atoms with Gasteiger partial charge in [0.25, 0.3) is 5.91 Å². The third-order valence-corrected chi connectivity index (χ3v) is 4.90. The Kier molecular flexibility index (Phi) is 8.04. The van der Waals surface area contributed by atoms with E-state index in [-0.39, 0.29) is 23.6 Å². The van der Waals surface area contributed by atoms with Crippen LogP contribution in [0.1, 0.15) is 35.2 Å². The molecule has 1 aromatic rings. The number of hydrogen-bond donors (Lipinski definition) is 4. The maximum absolute atomic E-state index is 12.8. The molecule has 0 radical (unpaired) electrons. The van der Waals surface area contributed by atoms with E-state index in [2.05, 4.69) is 16.0 Å². The smallest absolute Gasteiger partial charge is 0.416 e. The Morgan fingerprint density at radius 1 is 1.20 bits per heavy atom. The van der Waals surface area contributed by atoms with E-state index < -0.39 is 36.2 Å². The van der Waals surface area contributed by atoms with E-state index in [1.165, 1.54) is 13.2 Å². The van der Waals surface area contributed by atoms with Gasteiger partial charge in [-0.1, -0.05) is 6.07 Å². The monoisotopic (exact) mass is 431 g/mol. The van der Waals surface area contributed by atoms with Crippen LogP contribution in [0.25, 0.3) is 0 Å². The fraction of sp³-hybridized carbons (Fsp3) is 0.526. The van der Waals surface area contributed by atoms with Gasteiger partial charge in [0.2, 0.25) is 5.91 Å². The van der Waals surface area contributed by atoms with Gasteiger partial charge in [0.15, 0.2) is 0 Å². The molecular weight excluding hydrogens is 407 g/mol. The lowest BCUT2D eigenvalue weighted by atomic mass is 9.82. The van der Waals surface area contributed by atoms with Crippen LogP contribution in [0.5, 0.6) is 0 Å². The van der Waals surface area contributed by atoms with Gasteiger partial charge >= 0.3 is 12.3 Å². The molecule has 0 aliphatic heterocycles. The van der Waals surface area contributed by atoms with Crippen LogP contribution in [0.4, 0.5) is 18.0 Å². The van der Waals surface area contributed by atoms with Crippen LogP contribution in [0.15, 0.2) is 24.3 Å². The number of amides is 3. The van der Waals surface area contributed by atoms with Gasteiger partial charge in [0.05, 0.1) is 18.7 Å². The summed E-state index contributed by atoms with van der Waals surface area (Å²) in [6.07, 6.45) is -4.14. The highest BCUT2D eigenvalue weighted by atomic mass is 19.4. The third kappa shape index (κ3) is 6.90. The normalized spacial score (nSPS) is 21.5. The van der Waals surface area contributed by atoms with Crippen LogP contribution in [-0.4, -0.2) is 55.4 Å². The molecule has 1 aliphatic carbocycles. The standard InChI is InChI=1S/C19H24F3N3O5/c1-30-10-12-8-14(24-18(28)29)5-6-15(12)25-16(26)9-23-17(27)11-3-2-4-13(7-11)19(20,21)22/h2-4,7,12,14-15,24H,5-6,8-10H2,1H3,(H,23,27)(H,25,26)(H,28,29)/t12-,14+,15-/m0/s1. The predicted molar refractivity (Wildman–Crippen MR) is 99.9 cm³/mol. The van der Waals surface area contributed by atoms with E-state index >= 15 is 0 Å². The second-order valence-electron chi connectivity index (χ2n) is 7.11. The molecule has 1 aliphatic rings. The number of ether oxygens (including phenoxy) is 1. The van der Waals surface area contributed by atoms with Crippen molar-refractivity contribution < 1.29 is 37.4 Å². The van der Waals surface area contributed by atoms with E-state index in [1.807, 2.05) is 0 Å². The molecule has 3 atom stereocenters. The van der Waals surface area contributed by atoms with Crippen molar-refractivity contribution in [2.45, 2.75) is 37.5 Å². The van der Waals surface area contributed by atoms with Crippen LogP contribution in [-0.2, 0) is 15.7 Å². The molecule has 0 bridgehead atoms. The zero-order valence-corrected chi connectivity index (χ0v) is 16.3. The summed E-state index contributed by atoms with van der Waals surface area (Å²) in [5.74, 6) is -1.41. The molecule has 1 aromatic carbocycles. The highest BCUT2D eigenvalue weighted by Gasteiger charge is 2.33. The van der Waals surface area contributed by atoms with Crippen molar-refractivity contribution >= 4 is 17.9 Å². The number of benzene rings is 1. The first-order valence-corrected chi connectivity index (χ1v) is 9.33. The molecule has 2 rings (SSSR count). The minimum atomic E-state index is -4.57. The van der Waals surface area contributed by atoms with Crippen molar-refractivity contribution in [3.63, 3.8) is 0 Å². The van der Waals surface area contributed by atoms with E-state index in [0.717, 1.165) is 18.2 Å². The molecule has 0 heterocycles. The van der Waals surface area contributed by atoms with E-state index in [1.54, 1.807) is 0 Å². The molecule has 3 amide bonds. The maximum Gasteiger partial charge on any atom is 0.416 e. The minimum absolute atomic E-state index is 0.122. The lowest BCUT2D eigenvalue weighted by molar-refractivity contribution is -0.137. The largest absolute Gasteiger partial charge is 0.465 e. The topological polar surface area (TPSA) is 117 Å². The Morgan fingerprint density at radius 3 is 2.57 bits per heavy atom. The number of halogens is 3. The number of alkyl halides is 3. The first kappa shape index (κ1) is 23.5. The third-order valence-electron chi connectivity index (χ3n) is 4.90. The number of carbonyl (C=O) groups excluding carboxylic acids is 2. The van der Waals surface area contributed by atoms with Gasteiger partial charge in [-0.2, -0.15) is 13.2 Å². The molecule has 30 heavy (non-hydrogen) atoms. The SMILES string of the molecule is COC[C@@H]1C[C@H](NC(=O)O)CC[C@@H]1NC(=O)CNC(=O)c1cccc(C(F)(F)F)c1. The summed E-state index contributed by atoms with van der Waals surface area (Å²) in [5.41, 5.74) is -1.15. The zero-order valence-electron chi connectivity index (χ0n) is 16.3. The number of rotatable bonds is 7. The molecule has 0 saturated heterocycles. The second-order valence-corrected chi connectivity index (χ2v) is 7.11. The quantitative estimate of drug-likeness (QED) is 0.527. The van der Waals surface area contributed by atoms with Crippen molar-refractivity contribution in [1.29, 1.82) is 0 Å². The molecule has 4 N–H and O–H groups in total. The van der Waals surface area contributed by atoms with Crippen molar-refractivity contribution in [2.24, 2.45) is 5.92 Å². The van der Waals surface area contributed by atoms with Crippen LogP contribution >= 0.6 is 0 Å². The summed E-state index contributed by atoms with van der Waals surface area (Å²) in [5, 5.41) is 16.4. The fourth-order valence-electron chi connectivity index (χ4n) is 3.52. The Balaban J connectivity index is 1.89. The molecule has 1 saturated carbocycles. The molecule has 166 valence electrons. The summed E-state index contributed by atoms with van der Waals surface area (Å²) in [6, 6.07) is 3.42. The van der Waals surface area contributed by atoms with Crippen LogP contribution in [0, 0.1) is 5.92 Å². The van der Waals surface area contributed by atoms with E-state index in [4.69, 9.17) is 9.84 Å². The molecule has 0 unspecified atom stereocenters. The van der Waals surface area contributed by atoms with Crippen molar-refractivity contribution in [3.8, 4) is 0 Å². The second kappa shape index (κ2) is 10.3. The van der Waals surface area contributed by atoms with Gasteiger partial charge < -0.3 is 25.8 Å². The van der Waals surface area contributed by atoms with Crippen molar-refractivity contribution in [2.75, 3.05) is 20.3 Å². The molecular formula is C19H24F3N3O5. The molecule has 0 aromatic heterocycles. The number of carboxylic acid groups (broad SMARTS) is 1. The van der Waals surface area contributed by atoms with Gasteiger partial charge in [0.1, 0.15) is 0 Å². The Hall–Kier alpha value is -2.82. The number of methoxy groups -OCH3 is 1. The zero-order chi connectivity index (χ0) is 22.3. The minimum Gasteiger partial charge on any atom is -0.465 e. The van der Waals surface area contributed by atoms with Gasteiger partial charge in [-0.3, -0.25) is 9.59 Å².